The van der Waals surface area contributed by atoms with Crippen LogP contribution in [-0.2, 0) is 4.79 Å². The molecule has 2 aromatic rings. The van der Waals surface area contributed by atoms with Gasteiger partial charge in [0.15, 0.2) is 0 Å². The maximum Gasteiger partial charge on any atom is 0.332 e. The molecule has 1 fully saturated rings. The summed E-state index contributed by atoms with van der Waals surface area (Å²) in [5, 5.41) is 9.29. The van der Waals surface area contributed by atoms with Gasteiger partial charge in [-0.3, -0.25) is 4.79 Å². The molecule has 1 aliphatic heterocycles. The molecule has 1 N–H and O–H groups in total. The van der Waals surface area contributed by atoms with E-state index in [4.69, 9.17) is 11.6 Å². The number of carbonyl (C=O) groups excluding carboxylic acids is 2. The SMILES string of the molecule is CCCN1C(=O)N(c2ccc(F)c(Cl)c2)C(=O)C1c1ccc(O)cc1. The molecular formula is C18H16ClFN2O3. The summed E-state index contributed by atoms with van der Waals surface area (Å²) in [4.78, 5) is 28.2. The summed E-state index contributed by atoms with van der Waals surface area (Å²) in [6.07, 6.45) is 0.672. The fourth-order valence-electron chi connectivity index (χ4n) is 2.90. The van der Waals surface area contributed by atoms with Gasteiger partial charge in [-0.05, 0) is 42.3 Å². The van der Waals surface area contributed by atoms with Crippen LogP contribution >= 0.6 is 11.6 Å². The molecule has 0 saturated carbocycles. The van der Waals surface area contributed by atoms with E-state index in [9.17, 15) is 19.1 Å². The van der Waals surface area contributed by atoms with Crippen molar-refractivity contribution in [3.05, 3.63) is 58.9 Å². The number of phenolic OH excluding ortho intramolecular Hbond substituents is 1. The first-order valence-corrected chi connectivity index (χ1v) is 8.20. The van der Waals surface area contributed by atoms with Crippen molar-refractivity contribution >= 4 is 29.2 Å². The number of carbonyl (C=O) groups is 2. The average molecular weight is 363 g/mol. The Kier molecular flexibility index (Phi) is 4.63. The Labute approximate surface area is 149 Å². The van der Waals surface area contributed by atoms with Crippen LogP contribution in [0.5, 0.6) is 5.75 Å². The van der Waals surface area contributed by atoms with Crippen LogP contribution in [0.4, 0.5) is 14.9 Å². The Morgan fingerprint density at radius 3 is 2.44 bits per heavy atom. The molecule has 0 spiro atoms. The van der Waals surface area contributed by atoms with Gasteiger partial charge in [0.25, 0.3) is 5.91 Å². The van der Waals surface area contributed by atoms with Crippen LogP contribution in [0.2, 0.25) is 5.02 Å². The molecule has 0 radical (unpaired) electrons. The number of halogens is 2. The van der Waals surface area contributed by atoms with Crippen molar-refractivity contribution in [2.45, 2.75) is 19.4 Å². The van der Waals surface area contributed by atoms with Crippen LogP contribution in [0.25, 0.3) is 0 Å². The summed E-state index contributed by atoms with van der Waals surface area (Å²) in [5.41, 5.74) is 0.823. The Morgan fingerprint density at radius 2 is 1.84 bits per heavy atom. The van der Waals surface area contributed by atoms with E-state index in [0.717, 1.165) is 11.0 Å². The second kappa shape index (κ2) is 6.72. The van der Waals surface area contributed by atoms with Crippen molar-refractivity contribution in [3.63, 3.8) is 0 Å². The smallest absolute Gasteiger partial charge is 0.332 e. The molecular weight excluding hydrogens is 347 g/mol. The van der Waals surface area contributed by atoms with Gasteiger partial charge in [-0.2, -0.15) is 0 Å². The lowest BCUT2D eigenvalue weighted by molar-refractivity contribution is -0.119. The van der Waals surface area contributed by atoms with Crippen molar-refractivity contribution in [2.24, 2.45) is 0 Å². The van der Waals surface area contributed by atoms with Crippen LogP contribution < -0.4 is 4.90 Å². The molecule has 1 unspecified atom stereocenters. The highest BCUT2D eigenvalue weighted by molar-refractivity contribution is 6.31. The summed E-state index contributed by atoms with van der Waals surface area (Å²) in [5.74, 6) is -0.985. The third-order valence-corrected chi connectivity index (χ3v) is 4.33. The minimum Gasteiger partial charge on any atom is -0.508 e. The minimum absolute atomic E-state index is 0.0738. The number of anilines is 1. The normalized spacial score (nSPS) is 17.5. The molecule has 3 rings (SSSR count). The van der Waals surface area contributed by atoms with Crippen molar-refractivity contribution in [2.75, 3.05) is 11.4 Å². The maximum atomic E-state index is 13.4. The van der Waals surface area contributed by atoms with Crippen molar-refractivity contribution < 1.29 is 19.1 Å². The van der Waals surface area contributed by atoms with E-state index >= 15 is 0 Å². The van der Waals surface area contributed by atoms with E-state index in [1.807, 2.05) is 6.92 Å². The number of urea groups is 1. The number of imide groups is 1. The number of benzene rings is 2. The lowest BCUT2D eigenvalue weighted by atomic mass is 10.1. The Hall–Kier alpha value is -2.60. The lowest BCUT2D eigenvalue weighted by Gasteiger charge is -2.21. The van der Waals surface area contributed by atoms with Gasteiger partial charge in [-0.25, -0.2) is 14.1 Å². The van der Waals surface area contributed by atoms with Gasteiger partial charge < -0.3 is 10.0 Å². The maximum absolute atomic E-state index is 13.4. The molecule has 25 heavy (non-hydrogen) atoms. The zero-order valence-corrected chi connectivity index (χ0v) is 14.2. The molecule has 5 nitrogen and oxygen atoms in total. The molecule has 3 amide bonds. The van der Waals surface area contributed by atoms with Gasteiger partial charge in [0.05, 0.1) is 10.7 Å². The third kappa shape index (κ3) is 3.05. The minimum atomic E-state index is -0.795. The predicted molar refractivity (Wildman–Crippen MR) is 92.1 cm³/mol. The van der Waals surface area contributed by atoms with E-state index < -0.39 is 23.8 Å². The van der Waals surface area contributed by atoms with Gasteiger partial charge >= 0.3 is 6.03 Å². The fraction of sp³-hybridized carbons (Fsp3) is 0.222. The second-order valence-corrected chi connectivity index (χ2v) is 6.15. The van der Waals surface area contributed by atoms with Crippen molar-refractivity contribution in [1.29, 1.82) is 0 Å². The largest absolute Gasteiger partial charge is 0.508 e. The van der Waals surface area contributed by atoms with Crippen LogP contribution in [0.1, 0.15) is 24.9 Å². The molecule has 7 heteroatoms. The fourth-order valence-corrected chi connectivity index (χ4v) is 3.07. The van der Waals surface area contributed by atoms with Gasteiger partial charge in [0.1, 0.15) is 17.6 Å². The molecule has 2 aromatic carbocycles. The Bertz CT molecular complexity index is 826. The molecule has 130 valence electrons. The van der Waals surface area contributed by atoms with E-state index in [0.29, 0.717) is 18.5 Å². The third-order valence-electron chi connectivity index (χ3n) is 4.04. The van der Waals surface area contributed by atoms with Gasteiger partial charge in [0, 0.05) is 6.54 Å². The molecule has 1 atom stereocenters. The average Bonchev–Trinajstić information content (AvgIpc) is 2.82. The standard InChI is InChI=1S/C18H16ClFN2O3/c1-2-9-21-16(11-3-6-13(23)7-4-11)17(24)22(18(21)25)12-5-8-15(20)14(19)10-12/h3-8,10,16,23H,2,9H2,1H3. The summed E-state index contributed by atoms with van der Waals surface area (Å²) in [7, 11) is 0. The zero-order chi connectivity index (χ0) is 18.1. The number of phenols is 1. The lowest BCUT2D eigenvalue weighted by Crippen LogP contribution is -2.33. The van der Waals surface area contributed by atoms with E-state index in [1.165, 1.54) is 29.2 Å². The van der Waals surface area contributed by atoms with Crippen LogP contribution in [-0.4, -0.2) is 28.5 Å². The molecule has 0 bridgehead atoms. The number of hydrogen-bond acceptors (Lipinski definition) is 3. The highest BCUT2D eigenvalue weighted by Crippen LogP contribution is 2.36. The summed E-state index contributed by atoms with van der Waals surface area (Å²) in [6, 6.07) is 8.60. The molecule has 0 aliphatic carbocycles. The van der Waals surface area contributed by atoms with Crippen LogP contribution in [0.3, 0.4) is 0 Å². The first-order valence-electron chi connectivity index (χ1n) is 7.82. The summed E-state index contributed by atoms with van der Waals surface area (Å²) < 4.78 is 13.4. The monoisotopic (exact) mass is 362 g/mol. The molecule has 1 aliphatic rings. The van der Waals surface area contributed by atoms with E-state index in [-0.39, 0.29) is 16.5 Å². The topological polar surface area (TPSA) is 60.9 Å². The molecule has 1 saturated heterocycles. The zero-order valence-electron chi connectivity index (χ0n) is 13.4. The second-order valence-electron chi connectivity index (χ2n) is 5.74. The van der Waals surface area contributed by atoms with Gasteiger partial charge in [-0.1, -0.05) is 30.7 Å². The van der Waals surface area contributed by atoms with Crippen molar-refractivity contribution in [1.82, 2.24) is 4.90 Å². The highest BCUT2D eigenvalue weighted by Gasteiger charge is 2.46. The summed E-state index contributed by atoms with van der Waals surface area (Å²) in [6.45, 7) is 2.30. The molecule has 0 aromatic heterocycles. The van der Waals surface area contributed by atoms with E-state index in [2.05, 4.69) is 0 Å². The highest BCUT2D eigenvalue weighted by atomic mass is 35.5. The van der Waals surface area contributed by atoms with Crippen molar-refractivity contribution in [3.8, 4) is 5.75 Å². The number of rotatable bonds is 4. The quantitative estimate of drug-likeness (QED) is 0.833. The Balaban J connectivity index is 2.03. The summed E-state index contributed by atoms with van der Waals surface area (Å²) >= 11 is 5.79. The number of aromatic hydroxyl groups is 1. The number of hydrogen-bond donors (Lipinski definition) is 1. The first-order chi connectivity index (χ1) is 11.9. The first kappa shape index (κ1) is 17.2. The van der Waals surface area contributed by atoms with E-state index in [1.54, 1.807) is 12.1 Å². The Morgan fingerprint density at radius 1 is 1.16 bits per heavy atom. The predicted octanol–water partition coefficient (Wildman–Crippen LogP) is 4.10. The van der Waals surface area contributed by atoms with Crippen LogP contribution in [0.15, 0.2) is 42.5 Å². The van der Waals surface area contributed by atoms with Crippen LogP contribution in [0, 0.1) is 5.82 Å². The number of nitrogens with zero attached hydrogens (tertiary/aromatic N) is 2. The molecule has 1 heterocycles. The van der Waals surface area contributed by atoms with Gasteiger partial charge in [-0.15, -0.1) is 0 Å². The van der Waals surface area contributed by atoms with Gasteiger partial charge in [0.2, 0.25) is 0 Å². The number of amides is 3.